The monoisotopic (exact) mass is 391 g/mol. The van der Waals surface area contributed by atoms with E-state index in [2.05, 4.69) is 24.7 Å². The highest BCUT2D eigenvalue weighted by Gasteiger charge is 2.18. The van der Waals surface area contributed by atoms with Gasteiger partial charge in [0.2, 0.25) is 5.95 Å². The lowest BCUT2D eigenvalue weighted by Gasteiger charge is -2.07. The number of nitrogens with one attached hydrogen (secondary N) is 1. The van der Waals surface area contributed by atoms with Gasteiger partial charge in [0.25, 0.3) is 10.0 Å². The fraction of sp³-hybridized carbons (Fsp3) is 0. The molecule has 0 unspecified atom stereocenters. The molecule has 7 nitrogen and oxygen atoms in total. The summed E-state index contributed by atoms with van der Waals surface area (Å²) in [5, 5.41) is 0.0982. The molecule has 0 spiro atoms. The quantitative estimate of drug-likeness (QED) is 0.671. The van der Waals surface area contributed by atoms with Crippen molar-refractivity contribution in [3.05, 3.63) is 71.3 Å². The molecule has 0 atom stereocenters. The van der Waals surface area contributed by atoms with Crippen molar-refractivity contribution in [2.24, 2.45) is 0 Å². The van der Waals surface area contributed by atoms with Gasteiger partial charge in [0.1, 0.15) is 4.90 Å². The summed E-state index contributed by atoms with van der Waals surface area (Å²) in [7, 11) is -3.89. The van der Waals surface area contributed by atoms with Crippen molar-refractivity contribution in [1.82, 2.24) is 19.9 Å². The van der Waals surface area contributed by atoms with Gasteiger partial charge in [0, 0.05) is 35.9 Å². The molecule has 1 aromatic carbocycles. The van der Waals surface area contributed by atoms with Gasteiger partial charge < -0.3 is 0 Å². The maximum absolute atomic E-state index is 12.6. The van der Waals surface area contributed by atoms with Crippen LogP contribution in [0.4, 0.5) is 10.3 Å². The van der Waals surface area contributed by atoms with Crippen LogP contribution >= 0.6 is 11.6 Å². The molecule has 0 aliphatic rings. The van der Waals surface area contributed by atoms with Crippen LogP contribution in [0.3, 0.4) is 0 Å². The lowest BCUT2D eigenvalue weighted by atomic mass is 10.2. The second-order valence-corrected chi connectivity index (χ2v) is 7.05. The van der Waals surface area contributed by atoms with E-state index in [-0.39, 0.29) is 15.9 Å². The first kappa shape index (κ1) is 17.9. The standard InChI is InChI=1S/C16H11ClFN5O2S/c17-13-3-1-2-4-14(13)26(24,25)23-16-21-9-12(10-22-16)6-5-11-7-19-15(18)20-8-11/h1-10H,(H,21,22,23). The van der Waals surface area contributed by atoms with Gasteiger partial charge in [-0.1, -0.05) is 35.9 Å². The van der Waals surface area contributed by atoms with Crippen LogP contribution in [0.15, 0.2) is 53.9 Å². The van der Waals surface area contributed by atoms with Crippen molar-refractivity contribution < 1.29 is 12.8 Å². The zero-order chi connectivity index (χ0) is 18.6. The maximum Gasteiger partial charge on any atom is 0.308 e. The van der Waals surface area contributed by atoms with Crippen molar-refractivity contribution >= 4 is 39.7 Å². The first-order chi connectivity index (χ1) is 12.4. The number of rotatable bonds is 5. The minimum Gasteiger partial charge on any atom is -0.247 e. The molecule has 3 rings (SSSR count). The van der Waals surface area contributed by atoms with Crippen molar-refractivity contribution in [2.45, 2.75) is 4.90 Å². The normalized spacial score (nSPS) is 11.6. The molecule has 2 heterocycles. The Labute approximate surface area is 153 Å². The topological polar surface area (TPSA) is 97.7 Å². The Morgan fingerprint density at radius 3 is 2.04 bits per heavy atom. The number of hydrogen-bond donors (Lipinski definition) is 1. The van der Waals surface area contributed by atoms with Crippen LogP contribution in [-0.2, 0) is 10.0 Å². The fourth-order valence-electron chi connectivity index (χ4n) is 1.92. The van der Waals surface area contributed by atoms with Crippen molar-refractivity contribution in [3.8, 4) is 0 Å². The van der Waals surface area contributed by atoms with Crippen LogP contribution in [0.2, 0.25) is 5.02 Å². The summed E-state index contributed by atoms with van der Waals surface area (Å²) in [6.07, 6.45) is 8.00. The van der Waals surface area contributed by atoms with E-state index in [9.17, 15) is 12.8 Å². The van der Waals surface area contributed by atoms with E-state index in [1.165, 1.54) is 36.9 Å². The van der Waals surface area contributed by atoms with E-state index in [1.54, 1.807) is 24.3 Å². The molecule has 26 heavy (non-hydrogen) atoms. The third-order valence-electron chi connectivity index (χ3n) is 3.13. The van der Waals surface area contributed by atoms with Gasteiger partial charge in [-0.15, -0.1) is 0 Å². The molecule has 3 aromatic rings. The predicted molar refractivity (Wildman–Crippen MR) is 95.2 cm³/mol. The zero-order valence-electron chi connectivity index (χ0n) is 13.0. The van der Waals surface area contributed by atoms with Gasteiger partial charge in [-0.3, -0.25) is 0 Å². The predicted octanol–water partition coefficient (Wildman–Crippen LogP) is 3.03. The number of halogens is 2. The van der Waals surface area contributed by atoms with Crippen molar-refractivity contribution in [1.29, 1.82) is 0 Å². The number of hydrogen-bond acceptors (Lipinski definition) is 6. The molecule has 0 aliphatic heterocycles. The van der Waals surface area contributed by atoms with Gasteiger partial charge in [-0.25, -0.2) is 33.1 Å². The minimum absolute atomic E-state index is 0.0643. The molecule has 0 radical (unpaired) electrons. The summed E-state index contributed by atoms with van der Waals surface area (Å²) in [4.78, 5) is 14.7. The van der Waals surface area contributed by atoms with E-state index >= 15 is 0 Å². The summed E-state index contributed by atoms with van der Waals surface area (Å²) in [6.45, 7) is 0. The highest BCUT2D eigenvalue weighted by atomic mass is 35.5. The smallest absolute Gasteiger partial charge is 0.247 e. The second kappa shape index (κ2) is 7.54. The van der Waals surface area contributed by atoms with Crippen LogP contribution in [0.5, 0.6) is 0 Å². The third kappa shape index (κ3) is 4.38. The Morgan fingerprint density at radius 2 is 1.46 bits per heavy atom. The Balaban J connectivity index is 1.73. The molecule has 132 valence electrons. The number of anilines is 1. The number of aromatic nitrogens is 4. The van der Waals surface area contributed by atoms with Crippen LogP contribution in [0, 0.1) is 6.08 Å². The van der Waals surface area contributed by atoms with E-state index in [0.717, 1.165) is 0 Å². The SMILES string of the molecule is O=S(=O)(Nc1ncc(C=Cc2cnc(F)nc2)cn1)c1ccccc1Cl. The molecular weight excluding hydrogens is 381 g/mol. The van der Waals surface area contributed by atoms with E-state index < -0.39 is 16.1 Å². The number of benzene rings is 1. The Hall–Kier alpha value is -2.91. The average molecular weight is 392 g/mol. The molecule has 0 fully saturated rings. The molecule has 0 saturated carbocycles. The van der Waals surface area contributed by atoms with Gasteiger partial charge in [-0.05, 0) is 12.1 Å². The van der Waals surface area contributed by atoms with E-state index in [4.69, 9.17) is 11.6 Å². The fourth-order valence-corrected chi connectivity index (χ4v) is 3.39. The van der Waals surface area contributed by atoms with Crippen LogP contribution < -0.4 is 4.72 Å². The zero-order valence-corrected chi connectivity index (χ0v) is 14.6. The van der Waals surface area contributed by atoms with Gasteiger partial charge in [0.15, 0.2) is 0 Å². The Bertz CT molecular complexity index is 1040. The average Bonchev–Trinajstić information content (AvgIpc) is 2.62. The van der Waals surface area contributed by atoms with Gasteiger partial charge in [0.05, 0.1) is 5.02 Å². The Kier molecular flexibility index (Phi) is 5.19. The second-order valence-electron chi connectivity index (χ2n) is 4.99. The van der Waals surface area contributed by atoms with Crippen LogP contribution in [-0.4, -0.2) is 28.4 Å². The summed E-state index contributed by atoms with van der Waals surface area (Å²) >= 11 is 5.91. The van der Waals surface area contributed by atoms with E-state index in [1.807, 2.05) is 0 Å². The highest BCUT2D eigenvalue weighted by molar-refractivity contribution is 7.92. The van der Waals surface area contributed by atoms with Crippen LogP contribution in [0.1, 0.15) is 11.1 Å². The first-order valence-corrected chi connectivity index (χ1v) is 9.05. The highest BCUT2D eigenvalue weighted by Crippen LogP contribution is 2.22. The van der Waals surface area contributed by atoms with Crippen LogP contribution in [0.25, 0.3) is 12.2 Å². The molecule has 0 saturated heterocycles. The summed E-state index contributed by atoms with van der Waals surface area (Å²) < 4.78 is 39.5. The molecule has 2 aromatic heterocycles. The Morgan fingerprint density at radius 1 is 0.923 bits per heavy atom. The van der Waals surface area contributed by atoms with Gasteiger partial charge in [-0.2, -0.15) is 4.39 Å². The maximum atomic E-state index is 12.6. The lowest BCUT2D eigenvalue weighted by Crippen LogP contribution is -2.15. The third-order valence-corrected chi connectivity index (χ3v) is 4.96. The summed E-state index contributed by atoms with van der Waals surface area (Å²) in [5.74, 6) is -0.0906. The van der Waals surface area contributed by atoms with Crippen molar-refractivity contribution in [3.63, 3.8) is 0 Å². The first-order valence-electron chi connectivity index (χ1n) is 7.19. The molecule has 0 amide bonds. The summed E-state index contributed by atoms with van der Waals surface area (Å²) in [6, 6.07) is 6.05. The molecule has 0 aliphatic carbocycles. The molecule has 1 N–H and O–H groups in total. The molecule has 0 bridgehead atoms. The van der Waals surface area contributed by atoms with E-state index in [0.29, 0.717) is 11.1 Å². The lowest BCUT2D eigenvalue weighted by molar-refractivity contribution is 0.538. The molecule has 10 heteroatoms. The number of sulfonamides is 1. The number of nitrogens with zero attached hydrogens (tertiary/aromatic N) is 4. The summed E-state index contributed by atoms with van der Waals surface area (Å²) in [5.41, 5.74) is 1.20. The van der Waals surface area contributed by atoms with Crippen molar-refractivity contribution in [2.75, 3.05) is 4.72 Å². The largest absolute Gasteiger partial charge is 0.308 e. The van der Waals surface area contributed by atoms with Gasteiger partial charge >= 0.3 is 6.08 Å². The molecular formula is C16H11ClFN5O2S. The minimum atomic E-state index is -3.89.